The molecular weight excluding hydrogens is 486 g/mol. The minimum atomic E-state index is -3.72. The zero-order chi connectivity index (χ0) is 26.4. The fourth-order valence-electron chi connectivity index (χ4n) is 5.07. The molecule has 0 radical (unpaired) electrons. The molecule has 8 nitrogen and oxygen atoms in total. The van der Waals surface area contributed by atoms with Gasteiger partial charge in [0, 0.05) is 49.3 Å². The molecule has 1 aromatic heterocycles. The van der Waals surface area contributed by atoms with E-state index in [0.717, 1.165) is 43.0 Å². The highest BCUT2D eigenvalue weighted by atomic mass is 32.2. The van der Waals surface area contributed by atoms with E-state index in [2.05, 4.69) is 26.0 Å². The second-order valence-electron chi connectivity index (χ2n) is 11.4. The Hall–Kier alpha value is -3.17. The summed E-state index contributed by atoms with van der Waals surface area (Å²) in [6.45, 7) is 7.20. The number of piperidine rings is 1. The topological polar surface area (TPSA) is 96.3 Å². The fourth-order valence-corrected chi connectivity index (χ4v) is 6.53. The molecule has 1 spiro atoms. The van der Waals surface area contributed by atoms with Crippen LogP contribution in [-0.2, 0) is 17.1 Å². The molecule has 9 heteroatoms. The van der Waals surface area contributed by atoms with Crippen LogP contribution in [-0.4, -0.2) is 42.5 Å². The summed E-state index contributed by atoms with van der Waals surface area (Å²) in [6, 6.07) is 12.2. The molecule has 5 rings (SSSR count). The van der Waals surface area contributed by atoms with Crippen molar-refractivity contribution in [3.63, 3.8) is 0 Å². The minimum Gasteiger partial charge on any atom is -0.371 e. The Morgan fingerprint density at radius 2 is 1.76 bits per heavy atom. The lowest BCUT2D eigenvalue weighted by atomic mass is 9.92. The zero-order valence-corrected chi connectivity index (χ0v) is 22.7. The molecule has 2 aliphatic rings. The van der Waals surface area contributed by atoms with Crippen LogP contribution in [0, 0.1) is 5.41 Å². The molecule has 1 amide bonds. The van der Waals surface area contributed by atoms with Gasteiger partial charge in [-0.2, -0.15) is 0 Å². The van der Waals surface area contributed by atoms with Crippen LogP contribution < -0.4 is 14.9 Å². The molecule has 2 fully saturated rings. The number of nitrogens with zero attached hydrogens (tertiary/aromatic N) is 3. The van der Waals surface area contributed by atoms with Crippen LogP contribution in [0.15, 0.2) is 59.8 Å². The number of sulfonamides is 1. The summed E-state index contributed by atoms with van der Waals surface area (Å²) in [4.78, 5) is 20.4. The van der Waals surface area contributed by atoms with Gasteiger partial charge < -0.3 is 14.8 Å². The number of benzene rings is 2. The number of rotatable bonds is 6. The van der Waals surface area contributed by atoms with Crippen LogP contribution in [0.5, 0.6) is 0 Å². The van der Waals surface area contributed by atoms with Crippen molar-refractivity contribution in [3.05, 3.63) is 60.4 Å². The lowest BCUT2D eigenvalue weighted by molar-refractivity contribution is 0.102. The summed E-state index contributed by atoms with van der Waals surface area (Å²) >= 11 is 0. The molecule has 37 heavy (non-hydrogen) atoms. The van der Waals surface area contributed by atoms with Gasteiger partial charge in [0.25, 0.3) is 5.91 Å². The fraction of sp³-hybridized carbons (Fsp3) is 0.429. The molecule has 1 saturated heterocycles. The Kier molecular flexibility index (Phi) is 6.40. The van der Waals surface area contributed by atoms with Gasteiger partial charge in [0.2, 0.25) is 10.0 Å². The second kappa shape index (κ2) is 9.29. The van der Waals surface area contributed by atoms with E-state index in [-0.39, 0.29) is 10.8 Å². The Morgan fingerprint density at radius 1 is 1.03 bits per heavy atom. The van der Waals surface area contributed by atoms with E-state index in [0.29, 0.717) is 16.7 Å². The van der Waals surface area contributed by atoms with Crippen LogP contribution in [0.25, 0.3) is 11.4 Å². The van der Waals surface area contributed by atoms with E-state index in [1.54, 1.807) is 39.1 Å². The second-order valence-corrected chi connectivity index (χ2v) is 13.1. The van der Waals surface area contributed by atoms with Crippen LogP contribution in [0.1, 0.15) is 56.8 Å². The Labute approximate surface area is 219 Å². The van der Waals surface area contributed by atoms with E-state index in [1.165, 1.54) is 25.0 Å². The molecule has 2 heterocycles. The van der Waals surface area contributed by atoms with Gasteiger partial charge >= 0.3 is 0 Å². The van der Waals surface area contributed by atoms with Crippen LogP contribution in [0.4, 0.5) is 11.4 Å². The smallest absolute Gasteiger partial charge is 0.257 e. The highest BCUT2D eigenvalue weighted by Crippen LogP contribution is 2.54. The normalized spacial score (nSPS) is 17.1. The summed E-state index contributed by atoms with van der Waals surface area (Å²) < 4.78 is 30.2. The number of imidazole rings is 1. The number of anilines is 2. The number of aryl methyl sites for hydroxylation is 1. The maximum absolute atomic E-state index is 13.5. The molecule has 0 bridgehead atoms. The highest BCUT2D eigenvalue weighted by molar-refractivity contribution is 7.89. The zero-order valence-electron chi connectivity index (χ0n) is 21.9. The average molecular weight is 522 g/mol. The average Bonchev–Trinajstić information content (AvgIpc) is 3.44. The molecule has 1 aliphatic carbocycles. The number of carbonyl (C=O) groups excluding carboxylic acids is 1. The first kappa shape index (κ1) is 25.5. The van der Waals surface area contributed by atoms with Gasteiger partial charge in [-0.1, -0.05) is 12.1 Å². The number of carbonyl (C=O) groups is 1. The number of hydrogen-bond acceptors (Lipinski definition) is 5. The molecular formula is C28H35N5O3S. The van der Waals surface area contributed by atoms with E-state index < -0.39 is 15.6 Å². The molecule has 2 aromatic carbocycles. The van der Waals surface area contributed by atoms with Crippen molar-refractivity contribution in [2.45, 2.75) is 56.9 Å². The predicted octanol–water partition coefficient (Wildman–Crippen LogP) is 4.80. The summed E-state index contributed by atoms with van der Waals surface area (Å²) in [7, 11) is -1.77. The van der Waals surface area contributed by atoms with Crippen LogP contribution >= 0.6 is 0 Å². The summed E-state index contributed by atoms with van der Waals surface area (Å²) in [5.74, 6) is 0.569. The monoisotopic (exact) mass is 521 g/mol. The maximum atomic E-state index is 13.5. The van der Waals surface area contributed by atoms with Crippen molar-refractivity contribution in [1.29, 1.82) is 0 Å². The molecule has 0 atom stereocenters. The van der Waals surface area contributed by atoms with Crippen LogP contribution in [0.3, 0.4) is 0 Å². The molecule has 196 valence electrons. The largest absolute Gasteiger partial charge is 0.371 e. The van der Waals surface area contributed by atoms with Crippen molar-refractivity contribution < 1.29 is 13.2 Å². The first-order valence-corrected chi connectivity index (χ1v) is 14.3. The summed E-state index contributed by atoms with van der Waals surface area (Å²) in [5, 5.41) is 2.93. The lowest BCUT2D eigenvalue weighted by Gasteiger charge is -2.35. The Bertz CT molecular complexity index is 1420. The third kappa shape index (κ3) is 5.57. The summed E-state index contributed by atoms with van der Waals surface area (Å²) in [6.07, 6.45) is 8.57. The van der Waals surface area contributed by atoms with E-state index in [9.17, 15) is 13.2 Å². The van der Waals surface area contributed by atoms with Gasteiger partial charge in [-0.3, -0.25) is 4.79 Å². The quantitative estimate of drug-likeness (QED) is 0.486. The number of hydrogen-bond donors (Lipinski definition) is 2. The van der Waals surface area contributed by atoms with E-state index >= 15 is 0 Å². The SMILES string of the molecule is Cn1ccnc1-c1ccc(C(=O)Nc2cccc(S(=O)(=O)NC(C)(C)C)c2)c(N2CCC3(CC2)CC3)c1. The van der Waals surface area contributed by atoms with Gasteiger partial charge in [0.15, 0.2) is 0 Å². The van der Waals surface area contributed by atoms with Crippen molar-refractivity contribution in [1.82, 2.24) is 14.3 Å². The molecule has 2 N–H and O–H groups in total. The van der Waals surface area contributed by atoms with Gasteiger partial charge in [0.1, 0.15) is 5.82 Å². The number of nitrogens with one attached hydrogen (secondary N) is 2. The molecule has 1 aliphatic heterocycles. The van der Waals surface area contributed by atoms with Crippen LogP contribution in [0.2, 0.25) is 0 Å². The predicted molar refractivity (Wildman–Crippen MR) is 146 cm³/mol. The highest BCUT2D eigenvalue weighted by Gasteiger charge is 2.44. The van der Waals surface area contributed by atoms with Gasteiger partial charge in [-0.25, -0.2) is 18.1 Å². The Balaban J connectivity index is 1.44. The summed E-state index contributed by atoms with van der Waals surface area (Å²) in [5.41, 5.74) is 2.72. The molecule has 1 saturated carbocycles. The molecule has 0 unspecified atom stereocenters. The van der Waals surface area contributed by atoms with Gasteiger partial charge in [-0.15, -0.1) is 0 Å². The number of aromatic nitrogens is 2. The maximum Gasteiger partial charge on any atom is 0.257 e. The third-order valence-corrected chi connectivity index (χ3v) is 9.04. The van der Waals surface area contributed by atoms with Gasteiger partial charge in [-0.05, 0) is 82.2 Å². The molecule has 3 aromatic rings. The first-order valence-electron chi connectivity index (χ1n) is 12.8. The Morgan fingerprint density at radius 3 is 2.38 bits per heavy atom. The van der Waals surface area contributed by atoms with Crippen molar-refractivity contribution in [2.75, 3.05) is 23.3 Å². The van der Waals surface area contributed by atoms with Crippen molar-refractivity contribution >= 4 is 27.3 Å². The standard InChI is InChI=1S/C28H35N5O3S/c1-27(2,3)31-37(35,36)22-7-5-6-21(19-22)30-26(34)23-9-8-20(25-29-14-17-32(25)4)18-24(23)33-15-12-28(10-11-28)13-16-33/h5-9,14,17-19,31H,10-13,15-16H2,1-4H3,(H,30,34). The third-order valence-electron chi connectivity index (χ3n) is 7.29. The van der Waals surface area contributed by atoms with Gasteiger partial charge in [0.05, 0.1) is 16.1 Å². The van der Waals surface area contributed by atoms with Crippen molar-refractivity contribution in [2.24, 2.45) is 12.5 Å². The van der Waals surface area contributed by atoms with E-state index in [1.807, 2.05) is 29.9 Å². The number of amides is 1. The van der Waals surface area contributed by atoms with E-state index in [4.69, 9.17) is 0 Å². The first-order chi connectivity index (χ1) is 17.4. The minimum absolute atomic E-state index is 0.108. The lowest BCUT2D eigenvalue weighted by Crippen LogP contribution is -2.40. The van der Waals surface area contributed by atoms with Crippen molar-refractivity contribution in [3.8, 4) is 11.4 Å².